The lowest BCUT2D eigenvalue weighted by atomic mass is 9.99. The van der Waals surface area contributed by atoms with E-state index in [9.17, 15) is 4.79 Å². The summed E-state index contributed by atoms with van der Waals surface area (Å²) in [5.74, 6) is 1.18. The maximum absolute atomic E-state index is 12.3. The predicted molar refractivity (Wildman–Crippen MR) is 102 cm³/mol. The molecule has 0 amide bonds. The fraction of sp³-hybridized carbons (Fsp3) is 0.526. The zero-order chi connectivity index (χ0) is 17.9. The molecule has 0 spiro atoms. The van der Waals surface area contributed by atoms with Gasteiger partial charge in [-0.05, 0) is 31.9 Å². The largest absolute Gasteiger partial charge is 0.378 e. The van der Waals surface area contributed by atoms with E-state index < -0.39 is 0 Å². The fourth-order valence-corrected chi connectivity index (χ4v) is 4.60. The van der Waals surface area contributed by atoms with Crippen LogP contribution in [0.5, 0.6) is 0 Å². The molecule has 1 saturated carbocycles. The summed E-state index contributed by atoms with van der Waals surface area (Å²) < 4.78 is 7.57. The summed E-state index contributed by atoms with van der Waals surface area (Å²) in [5.41, 5.74) is 2.25. The molecule has 1 aromatic heterocycles. The summed E-state index contributed by atoms with van der Waals surface area (Å²) in [6.07, 6.45) is 3.74. The Kier molecular flexibility index (Phi) is 5.26. The first kappa shape index (κ1) is 17.5. The van der Waals surface area contributed by atoms with Crippen molar-refractivity contribution >= 4 is 23.5 Å². The number of carbonyl (C=O) groups is 1. The van der Waals surface area contributed by atoms with Crippen LogP contribution in [0.4, 0.5) is 5.95 Å². The highest BCUT2D eigenvalue weighted by Crippen LogP contribution is 2.34. The van der Waals surface area contributed by atoms with Gasteiger partial charge < -0.3 is 9.64 Å². The lowest BCUT2D eigenvalue weighted by Gasteiger charge is -2.28. The topological polar surface area (TPSA) is 60.2 Å². The molecule has 138 valence electrons. The highest BCUT2D eigenvalue weighted by atomic mass is 32.2. The third-order valence-corrected chi connectivity index (χ3v) is 6.21. The molecular weight excluding hydrogens is 348 g/mol. The summed E-state index contributed by atoms with van der Waals surface area (Å²) in [6, 6.07) is 8.38. The van der Waals surface area contributed by atoms with Gasteiger partial charge in [0, 0.05) is 19.5 Å². The molecular formula is C19H24N4O2S. The van der Waals surface area contributed by atoms with E-state index in [0.717, 1.165) is 49.1 Å². The molecule has 26 heavy (non-hydrogen) atoms. The van der Waals surface area contributed by atoms with Gasteiger partial charge in [0.2, 0.25) is 5.95 Å². The highest BCUT2D eigenvalue weighted by molar-refractivity contribution is 8.00. The van der Waals surface area contributed by atoms with Gasteiger partial charge in [-0.3, -0.25) is 9.36 Å². The third-order valence-electron chi connectivity index (χ3n) is 4.95. The number of carbonyl (C=O) groups excluding carboxylic acids is 1. The van der Waals surface area contributed by atoms with E-state index >= 15 is 0 Å². The van der Waals surface area contributed by atoms with Crippen LogP contribution in [0.3, 0.4) is 0 Å². The lowest BCUT2D eigenvalue weighted by Crippen LogP contribution is -2.38. The number of hydrogen-bond acceptors (Lipinski definition) is 6. The number of thioether (sulfide) groups is 1. The minimum Gasteiger partial charge on any atom is -0.378 e. The Bertz CT molecular complexity index is 768. The normalized spacial score (nSPS) is 21.2. The second-order valence-corrected chi connectivity index (χ2v) is 8.04. The Morgan fingerprint density at radius 3 is 2.62 bits per heavy atom. The number of aryl methyl sites for hydroxylation is 1. The average molecular weight is 372 g/mol. The van der Waals surface area contributed by atoms with Crippen molar-refractivity contribution in [1.29, 1.82) is 0 Å². The van der Waals surface area contributed by atoms with E-state index in [1.807, 2.05) is 0 Å². The molecule has 2 aromatic rings. The van der Waals surface area contributed by atoms with Crippen LogP contribution < -0.4 is 4.90 Å². The van der Waals surface area contributed by atoms with E-state index in [1.54, 1.807) is 11.8 Å². The van der Waals surface area contributed by atoms with Crippen LogP contribution in [-0.4, -0.2) is 52.1 Å². The second kappa shape index (κ2) is 7.80. The van der Waals surface area contributed by atoms with Crippen molar-refractivity contribution in [3.8, 4) is 5.69 Å². The SMILES string of the molecule is Cc1ccc(-n2c(SC3CCCCC3=O)nnc2N2CCOCC2)cc1. The molecule has 6 nitrogen and oxygen atoms in total. The minimum atomic E-state index is -0.00492. The Hall–Kier alpha value is -1.86. The Balaban J connectivity index is 1.69. The first-order valence-corrected chi connectivity index (χ1v) is 10.1. The van der Waals surface area contributed by atoms with E-state index in [2.05, 4.69) is 50.9 Å². The number of benzene rings is 1. The van der Waals surface area contributed by atoms with Gasteiger partial charge in [-0.2, -0.15) is 0 Å². The van der Waals surface area contributed by atoms with Crippen molar-refractivity contribution in [1.82, 2.24) is 14.8 Å². The van der Waals surface area contributed by atoms with Gasteiger partial charge in [0.05, 0.1) is 24.2 Å². The number of ketones is 1. The van der Waals surface area contributed by atoms with Crippen LogP contribution in [0, 0.1) is 6.92 Å². The van der Waals surface area contributed by atoms with Gasteiger partial charge in [0.15, 0.2) is 5.16 Å². The number of Topliss-reactive ketones (excluding diaryl/α,β-unsaturated/α-hetero) is 1. The van der Waals surface area contributed by atoms with Gasteiger partial charge in [-0.25, -0.2) is 0 Å². The zero-order valence-electron chi connectivity index (χ0n) is 15.1. The van der Waals surface area contributed by atoms with Crippen molar-refractivity contribution in [2.24, 2.45) is 0 Å². The molecule has 2 aliphatic rings. The van der Waals surface area contributed by atoms with Gasteiger partial charge >= 0.3 is 0 Å². The summed E-state index contributed by atoms with van der Waals surface area (Å²) >= 11 is 1.57. The number of aromatic nitrogens is 3. The first-order chi connectivity index (χ1) is 12.7. The van der Waals surface area contributed by atoms with E-state index in [4.69, 9.17) is 4.74 Å². The van der Waals surface area contributed by atoms with Gasteiger partial charge in [-0.1, -0.05) is 35.9 Å². The molecule has 2 heterocycles. The molecule has 0 bridgehead atoms. The van der Waals surface area contributed by atoms with Crippen LogP contribution in [-0.2, 0) is 9.53 Å². The van der Waals surface area contributed by atoms with Crippen LogP contribution in [0.15, 0.2) is 29.4 Å². The first-order valence-electron chi connectivity index (χ1n) is 9.27. The quantitative estimate of drug-likeness (QED) is 0.822. The Morgan fingerprint density at radius 1 is 1.12 bits per heavy atom. The Morgan fingerprint density at radius 2 is 1.88 bits per heavy atom. The molecule has 1 aliphatic heterocycles. The molecule has 1 saturated heterocycles. The molecule has 1 unspecified atom stereocenters. The number of morpholine rings is 1. The molecule has 7 heteroatoms. The maximum Gasteiger partial charge on any atom is 0.232 e. The standard InChI is InChI=1S/C19H24N4O2S/c1-14-6-8-15(9-7-14)23-18(22-10-12-25-13-11-22)20-21-19(23)26-17-5-3-2-4-16(17)24/h6-9,17H,2-5,10-13H2,1H3. The number of ether oxygens (including phenoxy) is 1. The van der Waals surface area contributed by atoms with Crippen molar-refractivity contribution in [3.63, 3.8) is 0 Å². The maximum atomic E-state index is 12.3. The van der Waals surface area contributed by atoms with Crippen LogP contribution >= 0.6 is 11.8 Å². The van der Waals surface area contributed by atoms with Crippen molar-refractivity contribution in [2.45, 2.75) is 43.0 Å². The highest BCUT2D eigenvalue weighted by Gasteiger charge is 2.28. The van der Waals surface area contributed by atoms with E-state index in [-0.39, 0.29) is 5.25 Å². The second-order valence-electron chi connectivity index (χ2n) is 6.87. The molecule has 1 aliphatic carbocycles. The van der Waals surface area contributed by atoms with Crippen LogP contribution in [0.1, 0.15) is 31.2 Å². The zero-order valence-corrected chi connectivity index (χ0v) is 15.9. The van der Waals surface area contributed by atoms with E-state index in [1.165, 1.54) is 5.56 Å². The minimum absolute atomic E-state index is 0.00492. The van der Waals surface area contributed by atoms with Crippen molar-refractivity contribution in [3.05, 3.63) is 29.8 Å². The van der Waals surface area contributed by atoms with Gasteiger partial charge in [-0.15, -0.1) is 10.2 Å². The summed E-state index contributed by atoms with van der Waals surface area (Å²) in [7, 11) is 0. The summed E-state index contributed by atoms with van der Waals surface area (Å²) in [5, 5.41) is 9.74. The molecule has 1 atom stereocenters. The van der Waals surface area contributed by atoms with Crippen molar-refractivity contribution in [2.75, 3.05) is 31.2 Å². The summed E-state index contributed by atoms with van der Waals surface area (Å²) in [4.78, 5) is 14.5. The van der Waals surface area contributed by atoms with Crippen molar-refractivity contribution < 1.29 is 9.53 Å². The van der Waals surface area contributed by atoms with Gasteiger partial charge in [0.25, 0.3) is 0 Å². The number of rotatable bonds is 4. The molecule has 1 aromatic carbocycles. The summed E-state index contributed by atoms with van der Waals surface area (Å²) in [6.45, 7) is 5.08. The van der Waals surface area contributed by atoms with Gasteiger partial charge in [0.1, 0.15) is 5.78 Å². The smallest absolute Gasteiger partial charge is 0.232 e. The Labute approximate surface area is 157 Å². The van der Waals surface area contributed by atoms with E-state index in [0.29, 0.717) is 25.4 Å². The fourth-order valence-electron chi connectivity index (χ4n) is 3.43. The van der Waals surface area contributed by atoms with Crippen LogP contribution in [0.25, 0.3) is 5.69 Å². The molecule has 4 rings (SSSR count). The van der Waals surface area contributed by atoms with Crippen LogP contribution in [0.2, 0.25) is 0 Å². The number of nitrogens with zero attached hydrogens (tertiary/aromatic N) is 4. The molecule has 2 fully saturated rings. The lowest BCUT2D eigenvalue weighted by molar-refractivity contribution is -0.119. The predicted octanol–water partition coefficient (Wildman–Crippen LogP) is 3.02. The monoisotopic (exact) mass is 372 g/mol. The molecule has 0 radical (unpaired) electrons. The number of hydrogen-bond donors (Lipinski definition) is 0. The third kappa shape index (κ3) is 3.64. The number of anilines is 1. The average Bonchev–Trinajstić information content (AvgIpc) is 3.09. The molecule has 0 N–H and O–H groups in total.